The average molecular weight is 341 g/mol. The van der Waals surface area contributed by atoms with Crippen molar-refractivity contribution in [3.8, 4) is 0 Å². The third-order valence-corrected chi connectivity index (χ3v) is 6.48. The van der Waals surface area contributed by atoms with Crippen molar-refractivity contribution in [3.63, 3.8) is 0 Å². The second-order valence-corrected chi connectivity index (χ2v) is 9.03. The molecule has 1 aliphatic heterocycles. The number of carbonyl (C=O) groups excluding carboxylic acids is 1. The molecule has 2 atom stereocenters. The van der Waals surface area contributed by atoms with Crippen molar-refractivity contribution in [1.29, 1.82) is 0 Å². The van der Waals surface area contributed by atoms with Crippen LogP contribution in [0.3, 0.4) is 0 Å². The van der Waals surface area contributed by atoms with Gasteiger partial charge >= 0.3 is 0 Å². The number of hydrogen-bond acceptors (Lipinski definition) is 2. The summed E-state index contributed by atoms with van der Waals surface area (Å²) in [5, 5.41) is 6.85. The smallest absolute Gasteiger partial charge is 0.224 e. The number of carbonyl (C=O) groups is 1. The van der Waals surface area contributed by atoms with Gasteiger partial charge in [0.25, 0.3) is 0 Å². The highest BCUT2D eigenvalue weighted by Crippen LogP contribution is 2.59. The van der Waals surface area contributed by atoms with Crippen LogP contribution >= 0.6 is 0 Å². The van der Waals surface area contributed by atoms with E-state index < -0.39 is 0 Å². The Hall–Kier alpha value is -1.35. The van der Waals surface area contributed by atoms with Crippen LogP contribution in [0.5, 0.6) is 0 Å². The highest BCUT2D eigenvalue weighted by Gasteiger charge is 2.58. The zero-order chi connectivity index (χ0) is 17.4. The number of nitrogens with one attached hydrogen (secondary N) is 2. The summed E-state index contributed by atoms with van der Waals surface area (Å²) in [5.74, 6) is 1.89. The van der Waals surface area contributed by atoms with Crippen molar-refractivity contribution in [3.05, 3.63) is 35.4 Å². The highest BCUT2D eigenvalue weighted by molar-refractivity contribution is 5.83. The maximum Gasteiger partial charge on any atom is 0.224 e. The van der Waals surface area contributed by atoms with Crippen molar-refractivity contribution in [2.45, 2.75) is 58.4 Å². The zero-order valence-corrected chi connectivity index (χ0v) is 15.7. The number of benzene rings is 1. The molecular weight excluding hydrogens is 308 g/mol. The van der Waals surface area contributed by atoms with Crippen LogP contribution < -0.4 is 10.6 Å². The van der Waals surface area contributed by atoms with Crippen LogP contribution in [-0.2, 0) is 11.2 Å². The molecule has 0 aromatic heterocycles. The van der Waals surface area contributed by atoms with Gasteiger partial charge in [-0.1, -0.05) is 38.1 Å². The summed E-state index contributed by atoms with van der Waals surface area (Å²) in [5.41, 5.74) is 3.02. The van der Waals surface area contributed by atoms with Crippen LogP contribution in [0.25, 0.3) is 0 Å². The molecule has 1 aromatic rings. The summed E-state index contributed by atoms with van der Waals surface area (Å²) in [6.07, 6.45) is 7.06. The third kappa shape index (κ3) is 3.76. The summed E-state index contributed by atoms with van der Waals surface area (Å²) in [4.78, 5) is 12.9. The van der Waals surface area contributed by atoms with Crippen LogP contribution in [0.15, 0.2) is 24.3 Å². The Morgan fingerprint density at radius 2 is 1.88 bits per heavy atom. The van der Waals surface area contributed by atoms with Crippen LogP contribution in [0.1, 0.15) is 63.1 Å². The Morgan fingerprint density at radius 3 is 2.48 bits per heavy atom. The lowest BCUT2D eigenvalue weighted by Crippen LogP contribution is -2.35. The van der Waals surface area contributed by atoms with Crippen LogP contribution in [-0.4, -0.2) is 19.0 Å². The van der Waals surface area contributed by atoms with E-state index in [0.717, 1.165) is 25.9 Å². The SMILES string of the molecule is CC(C)Cc1ccc(C(NC(=O)C2CC23CCNCC3)C2CC2)cc1. The fraction of sp³-hybridized carbons (Fsp3) is 0.682. The molecule has 2 saturated carbocycles. The Kier molecular flexibility index (Phi) is 4.61. The monoisotopic (exact) mass is 340 g/mol. The van der Waals surface area contributed by atoms with Crippen LogP contribution in [0.2, 0.25) is 0 Å². The number of hydrogen-bond donors (Lipinski definition) is 2. The molecule has 3 heteroatoms. The second kappa shape index (κ2) is 6.75. The Labute approximate surface area is 152 Å². The molecule has 0 bridgehead atoms. The molecule has 1 saturated heterocycles. The number of rotatable bonds is 6. The molecule has 1 amide bonds. The predicted molar refractivity (Wildman–Crippen MR) is 101 cm³/mol. The van der Waals surface area contributed by atoms with Gasteiger partial charge in [-0.3, -0.25) is 4.79 Å². The van der Waals surface area contributed by atoms with Gasteiger partial charge in [-0.15, -0.1) is 0 Å². The Morgan fingerprint density at radius 1 is 1.20 bits per heavy atom. The summed E-state index contributed by atoms with van der Waals surface area (Å²) in [7, 11) is 0. The number of piperidine rings is 1. The molecule has 1 spiro atoms. The van der Waals surface area contributed by atoms with Gasteiger partial charge in [-0.05, 0) is 80.0 Å². The molecule has 2 aliphatic carbocycles. The molecule has 136 valence electrons. The molecule has 0 radical (unpaired) electrons. The Balaban J connectivity index is 1.41. The van der Waals surface area contributed by atoms with E-state index >= 15 is 0 Å². The van der Waals surface area contributed by atoms with Crippen molar-refractivity contribution >= 4 is 5.91 Å². The minimum Gasteiger partial charge on any atom is -0.349 e. The third-order valence-electron chi connectivity index (χ3n) is 6.48. The van der Waals surface area contributed by atoms with Crippen molar-refractivity contribution in [2.24, 2.45) is 23.2 Å². The molecule has 25 heavy (non-hydrogen) atoms. The molecule has 3 nitrogen and oxygen atoms in total. The van der Waals surface area contributed by atoms with Gasteiger partial charge in [0.05, 0.1) is 6.04 Å². The van der Waals surface area contributed by atoms with E-state index in [4.69, 9.17) is 0 Å². The summed E-state index contributed by atoms with van der Waals surface area (Å²) < 4.78 is 0. The fourth-order valence-corrected chi connectivity index (χ4v) is 4.68. The first-order valence-electron chi connectivity index (χ1n) is 10.2. The summed E-state index contributed by atoms with van der Waals surface area (Å²) >= 11 is 0. The first kappa shape index (κ1) is 17.1. The lowest BCUT2D eigenvalue weighted by Gasteiger charge is -2.24. The molecule has 1 heterocycles. The predicted octanol–water partition coefficient (Wildman–Crippen LogP) is 3.84. The molecule has 1 aromatic carbocycles. The van der Waals surface area contributed by atoms with E-state index in [1.807, 2.05) is 0 Å². The van der Waals surface area contributed by atoms with Crippen LogP contribution in [0, 0.1) is 23.2 Å². The molecule has 2 unspecified atom stereocenters. The van der Waals surface area contributed by atoms with Gasteiger partial charge in [-0.2, -0.15) is 0 Å². The highest BCUT2D eigenvalue weighted by atomic mass is 16.2. The zero-order valence-electron chi connectivity index (χ0n) is 15.7. The summed E-state index contributed by atoms with van der Waals surface area (Å²) in [6, 6.07) is 9.22. The van der Waals surface area contributed by atoms with E-state index in [9.17, 15) is 4.79 Å². The van der Waals surface area contributed by atoms with Crippen molar-refractivity contribution in [1.82, 2.24) is 10.6 Å². The first-order chi connectivity index (χ1) is 12.1. The molecule has 4 rings (SSSR count). The van der Waals surface area contributed by atoms with Gasteiger partial charge in [0.1, 0.15) is 0 Å². The van der Waals surface area contributed by atoms with Gasteiger partial charge in [0.2, 0.25) is 5.91 Å². The molecule has 3 fully saturated rings. The van der Waals surface area contributed by atoms with Crippen molar-refractivity contribution < 1.29 is 4.79 Å². The minimum absolute atomic E-state index is 0.222. The minimum atomic E-state index is 0.222. The lowest BCUT2D eigenvalue weighted by molar-refractivity contribution is -0.124. The summed E-state index contributed by atoms with van der Waals surface area (Å²) in [6.45, 7) is 6.67. The van der Waals surface area contributed by atoms with Gasteiger partial charge in [0, 0.05) is 5.92 Å². The normalized spacial score (nSPS) is 25.8. The maximum atomic E-state index is 12.9. The largest absolute Gasteiger partial charge is 0.349 e. The van der Waals surface area contributed by atoms with E-state index in [-0.39, 0.29) is 12.0 Å². The van der Waals surface area contributed by atoms with Gasteiger partial charge < -0.3 is 10.6 Å². The van der Waals surface area contributed by atoms with Gasteiger partial charge in [-0.25, -0.2) is 0 Å². The van der Waals surface area contributed by atoms with Crippen molar-refractivity contribution in [2.75, 3.05) is 13.1 Å². The van der Waals surface area contributed by atoms with E-state index in [0.29, 0.717) is 23.2 Å². The Bertz CT molecular complexity index is 611. The second-order valence-electron chi connectivity index (χ2n) is 9.03. The topological polar surface area (TPSA) is 41.1 Å². The lowest BCUT2D eigenvalue weighted by atomic mass is 9.91. The molecule has 3 aliphatic rings. The maximum absolute atomic E-state index is 12.9. The van der Waals surface area contributed by atoms with E-state index in [2.05, 4.69) is 48.7 Å². The van der Waals surface area contributed by atoms with E-state index in [1.54, 1.807) is 0 Å². The molecular formula is C22H32N2O. The molecule has 2 N–H and O–H groups in total. The fourth-order valence-electron chi connectivity index (χ4n) is 4.68. The standard InChI is InChI=1S/C22H32N2O/c1-15(2)13-16-3-5-17(6-4-16)20(18-7-8-18)24-21(25)19-14-22(19)9-11-23-12-10-22/h3-6,15,18-20,23H,7-14H2,1-2H3,(H,24,25). The van der Waals surface area contributed by atoms with Gasteiger partial charge in [0.15, 0.2) is 0 Å². The quantitative estimate of drug-likeness (QED) is 0.826. The average Bonchev–Trinajstić information content (AvgIpc) is 3.51. The van der Waals surface area contributed by atoms with Crippen LogP contribution in [0.4, 0.5) is 0 Å². The first-order valence-corrected chi connectivity index (χ1v) is 10.2. The number of amides is 1. The van der Waals surface area contributed by atoms with E-state index in [1.165, 1.54) is 36.8 Å².